The maximum absolute atomic E-state index is 12.5. The molecule has 4 aliphatic rings. The van der Waals surface area contributed by atoms with Gasteiger partial charge in [0, 0.05) is 15.7 Å². The van der Waals surface area contributed by atoms with Crippen molar-refractivity contribution in [2.45, 2.75) is 96.9 Å². The lowest BCUT2D eigenvalue weighted by Gasteiger charge is -2.63. The zero-order valence-corrected chi connectivity index (χ0v) is 21.8. The van der Waals surface area contributed by atoms with Crippen molar-refractivity contribution in [2.75, 3.05) is 12.2 Å². The van der Waals surface area contributed by atoms with E-state index in [1.165, 1.54) is 0 Å². The molecule has 0 saturated heterocycles. The second-order valence-corrected chi connectivity index (χ2v) is 13.4. The Labute approximate surface area is 215 Å². The molecule has 35 heavy (non-hydrogen) atoms. The van der Waals surface area contributed by atoms with Crippen molar-refractivity contribution in [1.29, 1.82) is 0 Å². The molecular formula is C26H45NO7S. The highest BCUT2D eigenvalue weighted by Crippen LogP contribution is 2.68. The van der Waals surface area contributed by atoms with Gasteiger partial charge in [0.15, 0.2) is 0 Å². The van der Waals surface area contributed by atoms with E-state index >= 15 is 0 Å². The van der Waals surface area contributed by atoms with Crippen molar-refractivity contribution in [3.8, 4) is 0 Å². The van der Waals surface area contributed by atoms with Crippen LogP contribution < -0.4 is 5.32 Å². The second-order valence-electron chi connectivity index (χ2n) is 12.3. The van der Waals surface area contributed by atoms with Gasteiger partial charge in [-0.15, -0.1) is 0 Å². The van der Waals surface area contributed by atoms with Crippen LogP contribution in [0, 0.1) is 46.3 Å². The third-order valence-corrected chi connectivity index (χ3v) is 11.1. The number of hydrogen-bond acceptors (Lipinski definition) is 6. The number of carbonyl (C=O) groups is 1. The second kappa shape index (κ2) is 9.86. The molecule has 8 unspecified atom stereocenters. The fraction of sp³-hybridized carbons (Fsp3) is 0.962. The van der Waals surface area contributed by atoms with Crippen LogP contribution in [-0.2, 0) is 14.9 Å². The molecule has 0 aliphatic heterocycles. The van der Waals surface area contributed by atoms with E-state index in [0.29, 0.717) is 25.7 Å². The minimum atomic E-state index is -5.42. The van der Waals surface area contributed by atoms with Gasteiger partial charge in [0.1, 0.15) is 0 Å². The Bertz CT molecular complexity index is 1060. The molecule has 4 saturated carbocycles. The molecule has 0 bridgehead atoms. The number of aliphatic hydroxyl groups is 3. The Hall–Kier alpha value is -0.740. The van der Waals surface area contributed by atoms with Crippen LogP contribution in [0.4, 0.5) is 0 Å². The maximum Gasteiger partial charge on any atom is 0.266 e. The molecule has 1 amide bonds. The lowest BCUT2D eigenvalue weighted by molar-refractivity contribution is -0.207. The van der Waals surface area contributed by atoms with Gasteiger partial charge in [-0.05, 0) is 97.7 Å². The van der Waals surface area contributed by atoms with Crippen molar-refractivity contribution in [1.82, 2.24) is 5.32 Å². The summed E-state index contributed by atoms with van der Waals surface area (Å²) in [5.74, 6) is -0.283. The molecule has 8 nitrogen and oxygen atoms in total. The third kappa shape index (κ3) is 5.05. The molecule has 4 fully saturated rings. The molecule has 4 aliphatic carbocycles. The van der Waals surface area contributed by atoms with E-state index in [9.17, 15) is 28.5 Å². The molecule has 0 aromatic rings. The van der Waals surface area contributed by atoms with Gasteiger partial charge in [-0.25, -0.2) is 0 Å². The number of rotatable bonds is 7. The largest absolute Gasteiger partial charge is 0.393 e. The lowest BCUT2D eigenvalue weighted by Crippen LogP contribution is -2.62. The summed E-state index contributed by atoms with van der Waals surface area (Å²) < 4.78 is 61.9. The lowest BCUT2D eigenvalue weighted by atomic mass is 9.43. The molecule has 9 heteroatoms. The summed E-state index contributed by atoms with van der Waals surface area (Å²) in [7, 11) is -5.42. The standard InChI is InChI=1S/C26H45NO7S/c1-15(4-7-23(31)27-10-11-35(32,33)34)18-5-6-19-24-20(14-22(30)26(18,19)3)25(2)9-8-17(28)12-16(25)13-21(24)29/h15-22,24,28-30H,4-14H2,1-3H3,(H,27,31)(H,32,33,34)/t15?,16-,17+,18?,19?,20?,21?,22-,24?,25?,26?/m0/s1/i10D2,11D2. The van der Waals surface area contributed by atoms with Crippen LogP contribution in [0.5, 0.6) is 0 Å². The third-order valence-electron chi connectivity index (χ3n) is 10.7. The monoisotopic (exact) mass is 519 g/mol. The van der Waals surface area contributed by atoms with E-state index in [1.54, 1.807) is 5.32 Å². The van der Waals surface area contributed by atoms with Crippen LogP contribution in [0.2, 0.25) is 0 Å². The Balaban J connectivity index is 1.45. The average molecular weight is 520 g/mol. The van der Waals surface area contributed by atoms with Crippen molar-refractivity contribution in [2.24, 2.45) is 46.3 Å². The topological polar surface area (TPSA) is 144 Å². The van der Waals surface area contributed by atoms with E-state index in [2.05, 4.69) is 13.8 Å². The van der Waals surface area contributed by atoms with E-state index in [0.717, 1.165) is 25.7 Å². The highest BCUT2D eigenvalue weighted by Gasteiger charge is 2.65. The van der Waals surface area contributed by atoms with Crippen LogP contribution in [0.15, 0.2) is 0 Å². The molecular weight excluding hydrogens is 470 g/mol. The predicted molar refractivity (Wildman–Crippen MR) is 132 cm³/mol. The zero-order valence-electron chi connectivity index (χ0n) is 25.0. The van der Waals surface area contributed by atoms with Gasteiger partial charge in [-0.1, -0.05) is 20.8 Å². The first kappa shape index (κ1) is 22.3. The fourth-order valence-electron chi connectivity index (χ4n) is 8.91. The zero-order chi connectivity index (χ0) is 29.3. The first-order chi connectivity index (χ1) is 17.8. The molecule has 0 radical (unpaired) electrons. The van der Waals surface area contributed by atoms with Gasteiger partial charge in [-0.2, -0.15) is 8.42 Å². The first-order valence-electron chi connectivity index (χ1n) is 15.1. The van der Waals surface area contributed by atoms with E-state index < -0.39 is 45.9 Å². The Morgan fingerprint density at radius 2 is 1.83 bits per heavy atom. The molecule has 0 aromatic heterocycles. The van der Waals surface area contributed by atoms with Crippen molar-refractivity contribution in [3.05, 3.63) is 0 Å². The van der Waals surface area contributed by atoms with Gasteiger partial charge < -0.3 is 20.6 Å². The fourth-order valence-corrected chi connectivity index (χ4v) is 9.09. The van der Waals surface area contributed by atoms with Gasteiger partial charge in [-0.3, -0.25) is 9.35 Å². The highest BCUT2D eigenvalue weighted by molar-refractivity contribution is 7.85. The van der Waals surface area contributed by atoms with Crippen LogP contribution in [-0.4, -0.2) is 64.7 Å². The minimum Gasteiger partial charge on any atom is -0.393 e. The predicted octanol–water partition coefficient (Wildman–Crippen LogP) is 2.37. The molecule has 0 spiro atoms. The summed E-state index contributed by atoms with van der Waals surface area (Å²) in [4.78, 5) is 12.5. The number of amides is 1. The van der Waals surface area contributed by atoms with E-state index in [-0.39, 0.29) is 53.4 Å². The maximum atomic E-state index is 12.5. The first-order valence-corrected chi connectivity index (χ1v) is 14.5. The van der Waals surface area contributed by atoms with Crippen LogP contribution in [0.25, 0.3) is 0 Å². The Morgan fingerprint density at radius 3 is 2.51 bits per heavy atom. The molecule has 0 aromatic carbocycles. The minimum absolute atomic E-state index is 0.0286. The number of hydrogen-bond donors (Lipinski definition) is 5. The Morgan fingerprint density at radius 1 is 1.11 bits per heavy atom. The smallest absolute Gasteiger partial charge is 0.266 e. The number of nitrogens with one attached hydrogen (secondary N) is 1. The SMILES string of the molecule is [2H]C([2H])(NC(=O)CCC(C)C1CCC2C3C(O)C[C@@H]4C[C@H](O)CCC4(C)C3C[C@H](O)C12C)C([2H])([2H])S(=O)(=O)O. The summed E-state index contributed by atoms with van der Waals surface area (Å²) in [6.07, 6.45) is 4.00. The summed E-state index contributed by atoms with van der Waals surface area (Å²) >= 11 is 0. The summed E-state index contributed by atoms with van der Waals surface area (Å²) in [6.45, 7) is 3.02. The molecule has 0 heterocycles. The van der Waals surface area contributed by atoms with Gasteiger partial charge >= 0.3 is 0 Å². The van der Waals surface area contributed by atoms with Gasteiger partial charge in [0.25, 0.3) is 10.1 Å². The Kier molecular flexibility index (Phi) is 6.27. The van der Waals surface area contributed by atoms with E-state index in [1.807, 2.05) is 6.92 Å². The number of fused-ring (bicyclic) bond motifs is 5. The normalized spacial score (nSPS) is 48.8. The van der Waals surface area contributed by atoms with Crippen LogP contribution in [0.3, 0.4) is 0 Å². The number of aliphatic hydroxyl groups excluding tert-OH is 3. The van der Waals surface area contributed by atoms with Gasteiger partial charge in [0.05, 0.1) is 26.8 Å². The van der Waals surface area contributed by atoms with Gasteiger partial charge in [0.2, 0.25) is 5.91 Å². The molecule has 4 rings (SSSR count). The summed E-state index contributed by atoms with van der Waals surface area (Å²) in [5, 5.41) is 35.1. The van der Waals surface area contributed by atoms with Crippen molar-refractivity contribution in [3.63, 3.8) is 0 Å². The van der Waals surface area contributed by atoms with Crippen LogP contribution in [0.1, 0.15) is 84.0 Å². The average Bonchev–Trinajstić information content (AvgIpc) is 3.16. The quantitative estimate of drug-likeness (QED) is 0.325. The van der Waals surface area contributed by atoms with Crippen LogP contribution >= 0.6 is 0 Å². The molecule has 11 atom stereocenters. The molecule has 5 N–H and O–H groups in total. The highest BCUT2D eigenvalue weighted by atomic mass is 32.2. The van der Waals surface area contributed by atoms with Crippen molar-refractivity contribution < 1.29 is 38.6 Å². The molecule has 202 valence electrons. The van der Waals surface area contributed by atoms with E-state index in [4.69, 9.17) is 10.0 Å². The number of carbonyl (C=O) groups excluding carboxylic acids is 1. The summed E-state index contributed by atoms with van der Waals surface area (Å²) in [5.41, 5.74) is -4.21. The summed E-state index contributed by atoms with van der Waals surface area (Å²) in [6, 6.07) is 0. The van der Waals surface area contributed by atoms with Crippen molar-refractivity contribution >= 4 is 16.0 Å².